The van der Waals surface area contributed by atoms with Crippen LogP contribution in [0.2, 0.25) is 0 Å². The van der Waals surface area contributed by atoms with Crippen LogP contribution < -0.4 is 14.8 Å². The number of nitrogens with one attached hydrogen (secondary N) is 1. The molecule has 6 heteroatoms. The van der Waals surface area contributed by atoms with Crippen molar-refractivity contribution in [3.05, 3.63) is 48.3 Å². The number of para-hydroxylation sites is 1. The Balaban J connectivity index is 1.57. The molecule has 1 aliphatic heterocycles. The lowest BCUT2D eigenvalue weighted by molar-refractivity contribution is 0.173. The van der Waals surface area contributed by atoms with Gasteiger partial charge < -0.3 is 14.8 Å². The number of anilines is 1. The molecule has 0 radical (unpaired) electrons. The van der Waals surface area contributed by atoms with Crippen molar-refractivity contribution in [1.29, 1.82) is 0 Å². The Morgan fingerprint density at radius 3 is 3.00 bits per heavy atom. The van der Waals surface area contributed by atoms with E-state index in [-0.39, 0.29) is 6.79 Å². The predicted molar refractivity (Wildman–Crippen MR) is 77.2 cm³/mol. The first kappa shape index (κ1) is 11.9. The monoisotopic (exact) mass is 280 g/mol. The van der Waals surface area contributed by atoms with Crippen LogP contribution in [-0.2, 0) is 6.54 Å². The minimum absolute atomic E-state index is 0.274. The summed E-state index contributed by atoms with van der Waals surface area (Å²) in [6, 6.07) is 9.63. The number of hydrogen-bond acceptors (Lipinski definition) is 6. The molecule has 0 bridgehead atoms. The average molecular weight is 280 g/mol. The number of benzene rings is 1. The topological polar surface area (TPSA) is 69.2 Å². The number of hydrogen-bond donors (Lipinski definition) is 1. The van der Waals surface area contributed by atoms with Gasteiger partial charge in [0.25, 0.3) is 0 Å². The summed E-state index contributed by atoms with van der Waals surface area (Å²) in [6.07, 6.45) is 3.29. The lowest BCUT2D eigenvalue weighted by atomic mass is 10.2. The van der Waals surface area contributed by atoms with Crippen molar-refractivity contribution >= 4 is 17.0 Å². The van der Waals surface area contributed by atoms with Crippen molar-refractivity contribution in [2.24, 2.45) is 0 Å². The quantitative estimate of drug-likeness (QED) is 0.794. The zero-order valence-electron chi connectivity index (χ0n) is 11.1. The van der Waals surface area contributed by atoms with Gasteiger partial charge >= 0.3 is 0 Å². The highest BCUT2D eigenvalue weighted by molar-refractivity contribution is 5.71. The molecule has 4 rings (SSSR count). The Kier molecular flexibility index (Phi) is 2.77. The van der Waals surface area contributed by atoms with Gasteiger partial charge in [-0.2, -0.15) is 0 Å². The molecule has 2 aromatic heterocycles. The van der Waals surface area contributed by atoms with Crippen LogP contribution in [-0.4, -0.2) is 21.7 Å². The minimum Gasteiger partial charge on any atom is -0.454 e. The second-order valence-corrected chi connectivity index (χ2v) is 4.60. The summed E-state index contributed by atoms with van der Waals surface area (Å²) >= 11 is 0. The third-order valence-electron chi connectivity index (χ3n) is 3.27. The number of aromatic nitrogens is 3. The van der Waals surface area contributed by atoms with Crippen LogP contribution in [0.1, 0.15) is 5.56 Å². The molecular weight excluding hydrogens is 268 g/mol. The summed E-state index contributed by atoms with van der Waals surface area (Å²) in [5, 5.41) is 3.27. The van der Waals surface area contributed by atoms with E-state index in [2.05, 4.69) is 20.3 Å². The maximum Gasteiger partial charge on any atom is 0.231 e. The van der Waals surface area contributed by atoms with Gasteiger partial charge in [0.15, 0.2) is 17.1 Å². The number of pyridine rings is 1. The fourth-order valence-corrected chi connectivity index (χ4v) is 2.27. The van der Waals surface area contributed by atoms with E-state index in [9.17, 15) is 0 Å². The molecule has 3 heterocycles. The van der Waals surface area contributed by atoms with Crippen LogP contribution in [0.4, 0.5) is 5.82 Å². The van der Waals surface area contributed by atoms with E-state index in [0.717, 1.165) is 28.4 Å². The summed E-state index contributed by atoms with van der Waals surface area (Å²) < 4.78 is 10.8. The van der Waals surface area contributed by atoms with Gasteiger partial charge in [-0.05, 0) is 18.2 Å². The Labute approximate surface area is 120 Å². The molecular formula is C15H12N4O2. The van der Waals surface area contributed by atoms with Crippen LogP contribution in [0.25, 0.3) is 11.2 Å². The maximum atomic E-state index is 5.48. The smallest absolute Gasteiger partial charge is 0.231 e. The lowest BCUT2D eigenvalue weighted by Crippen LogP contribution is -2.03. The fourth-order valence-electron chi connectivity index (χ4n) is 2.27. The maximum absolute atomic E-state index is 5.48. The zero-order valence-corrected chi connectivity index (χ0v) is 11.1. The van der Waals surface area contributed by atoms with Crippen molar-refractivity contribution in [2.45, 2.75) is 6.54 Å². The highest BCUT2D eigenvalue weighted by Gasteiger charge is 2.16. The van der Waals surface area contributed by atoms with Gasteiger partial charge in [-0.15, -0.1) is 0 Å². The van der Waals surface area contributed by atoms with Gasteiger partial charge in [0.1, 0.15) is 11.3 Å². The molecule has 0 atom stereocenters. The first-order valence-corrected chi connectivity index (χ1v) is 6.59. The van der Waals surface area contributed by atoms with E-state index in [1.54, 1.807) is 12.4 Å². The van der Waals surface area contributed by atoms with Gasteiger partial charge in [0, 0.05) is 24.5 Å². The molecule has 1 N–H and O–H groups in total. The number of ether oxygens (including phenoxy) is 2. The highest BCUT2D eigenvalue weighted by Crippen LogP contribution is 2.35. The van der Waals surface area contributed by atoms with Gasteiger partial charge in [0.05, 0.1) is 0 Å². The van der Waals surface area contributed by atoms with Crippen LogP contribution in [0, 0.1) is 0 Å². The molecule has 0 spiro atoms. The molecule has 0 unspecified atom stereocenters. The Bertz CT molecular complexity index is 807. The first-order chi connectivity index (χ1) is 10.4. The number of rotatable bonds is 3. The van der Waals surface area contributed by atoms with E-state index in [0.29, 0.717) is 12.2 Å². The molecule has 21 heavy (non-hydrogen) atoms. The van der Waals surface area contributed by atoms with Gasteiger partial charge in [-0.1, -0.05) is 12.1 Å². The summed E-state index contributed by atoms with van der Waals surface area (Å²) in [7, 11) is 0. The molecule has 0 saturated carbocycles. The largest absolute Gasteiger partial charge is 0.454 e. The Morgan fingerprint density at radius 2 is 2.00 bits per heavy atom. The van der Waals surface area contributed by atoms with Crippen molar-refractivity contribution in [3.8, 4) is 11.5 Å². The van der Waals surface area contributed by atoms with Crippen molar-refractivity contribution in [1.82, 2.24) is 15.0 Å². The lowest BCUT2D eigenvalue weighted by Gasteiger charge is -2.08. The third-order valence-corrected chi connectivity index (χ3v) is 3.27. The summed E-state index contributed by atoms with van der Waals surface area (Å²) in [5.41, 5.74) is 2.44. The molecule has 104 valence electrons. The standard InChI is InChI=1S/C15H12N4O2/c1-2-10(14-12(3-1)20-9-21-14)8-18-13-5-4-11-15(19-13)17-7-6-16-11/h1-7H,8-9H2,(H,17,18,19). The molecule has 1 aliphatic rings. The summed E-state index contributed by atoms with van der Waals surface area (Å²) in [4.78, 5) is 12.8. The summed E-state index contributed by atoms with van der Waals surface area (Å²) in [5.74, 6) is 2.33. The molecule has 0 fully saturated rings. The minimum atomic E-state index is 0.274. The molecule has 6 nitrogen and oxygen atoms in total. The van der Waals surface area contributed by atoms with Gasteiger partial charge in [0.2, 0.25) is 6.79 Å². The van der Waals surface area contributed by atoms with Crippen LogP contribution in [0.3, 0.4) is 0 Å². The second-order valence-electron chi connectivity index (χ2n) is 4.60. The second kappa shape index (κ2) is 4.90. The van der Waals surface area contributed by atoms with Gasteiger partial charge in [-0.3, -0.25) is 4.98 Å². The average Bonchev–Trinajstić information content (AvgIpc) is 3.02. The van der Waals surface area contributed by atoms with Crippen molar-refractivity contribution < 1.29 is 9.47 Å². The highest BCUT2D eigenvalue weighted by atomic mass is 16.7. The predicted octanol–water partition coefficient (Wildman–Crippen LogP) is 2.37. The molecule has 1 aromatic carbocycles. The van der Waals surface area contributed by atoms with Crippen LogP contribution >= 0.6 is 0 Å². The summed E-state index contributed by atoms with van der Waals surface area (Å²) in [6.45, 7) is 0.876. The Hall–Kier alpha value is -2.89. The molecule has 0 saturated heterocycles. The third kappa shape index (κ3) is 2.20. The SMILES string of the molecule is c1cc(CNc2ccc3nccnc3n2)c2c(c1)OCO2. The Morgan fingerprint density at radius 1 is 1.05 bits per heavy atom. The van der Waals surface area contributed by atoms with Crippen LogP contribution in [0.15, 0.2) is 42.7 Å². The fraction of sp³-hybridized carbons (Fsp3) is 0.133. The zero-order chi connectivity index (χ0) is 14.1. The van der Waals surface area contributed by atoms with Crippen molar-refractivity contribution in [2.75, 3.05) is 12.1 Å². The first-order valence-electron chi connectivity index (χ1n) is 6.59. The number of fused-ring (bicyclic) bond motifs is 2. The normalized spacial score (nSPS) is 12.6. The molecule has 3 aromatic rings. The van der Waals surface area contributed by atoms with E-state index < -0.39 is 0 Å². The molecule has 0 amide bonds. The van der Waals surface area contributed by atoms with Gasteiger partial charge in [-0.25, -0.2) is 9.97 Å². The molecule has 0 aliphatic carbocycles. The van der Waals surface area contributed by atoms with E-state index in [1.165, 1.54) is 0 Å². The van der Waals surface area contributed by atoms with E-state index in [1.807, 2.05) is 30.3 Å². The number of nitrogens with zero attached hydrogens (tertiary/aromatic N) is 3. The van der Waals surface area contributed by atoms with E-state index >= 15 is 0 Å². The van der Waals surface area contributed by atoms with E-state index in [4.69, 9.17) is 9.47 Å². The van der Waals surface area contributed by atoms with Crippen LogP contribution in [0.5, 0.6) is 11.5 Å². The van der Waals surface area contributed by atoms with Crippen molar-refractivity contribution in [3.63, 3.8) is 0 Å².